The van der Waals surface area contributed by atoms with Gasteiger partial charge in [-0.2, -0.15) is 9.78 Å². The van der Waals surface area contributed by atoms with Crippen LogP contribution in [-0.2, 0) is 16.0 Å². The zero-order valence-electron chi connectivity index (χ0n) is 20.2. The number of hydrogen-bond acceptors (Lipinski definition) is 7. The Bertz CT molecular complexity index is 1330. The smallest absolute Gasteiger partial charge is 0.344 e. The lowest BCUT2D eigenvalue weighted by Gasteiger charge is -2.15. The van der Waals surface area contributed by atoms with Gasteiger partial charge in [0.2, 0.25) is 0 Å². The van der Waals surface area contributed by atoms with E-state index in [1.165, 1.54) is 11.8 Å². The van der Waals surface area contributed by atoms with Crippen LogP contribution in [0.15, 0.2) is 57.4 Å². The molecule has 3 rings (SSSR count). The molecule has 0 bridgehead atoms. The third-order valence-electron chi connectivity index (χ3n) is 5.05. The summed E-state index contributed by atoms with van der Waals surface area (Å²) in [6.07, 6.45) is 3.77. The van der Waals surface area contributed by atoms with Crippen molar-refractivity contribution in [3.8, 4) is 11.5 Å². The third-order valence-corrected chi connectivity index (χ3v) is 5.54. The van der Waals surface area contributed by atoms with E-state index >= 15 is 0 Å². The second-order valence-electron chi connectivity index (χ2n) is 7.95. The number of hydrogen-bond donors (Lipinski definition) is 0. The second-order valence-corrected chi connectivity index (χ2v) is 8.86. The minimum Gasteiger partial charge on any atom is -0.493 e. The fourth-order valence-corrected chi connectivity index (χ4v) is 3.85. The largest absolute Gasteiger partial charge is 0.493 e. The molecule has 0 N–H and O–H groups in total. The van der Waals surface area contributed by atoms with Crippen LogP contribution in [0.5, 0.6) is 11.5 Å². The van der Waals surface area contributed by atoms with Crippen LogP contribution in [0.3, 0.4) is 0 Å². The van der Waals surface area contributed by atoms with Crippen LogP contribution in [0.1, 0.15) is 43.6 Å². The average Bonchev–Trinajstić information content (AvgIpc) is 2.82. The van der Waals surface area contributed by atoms with E-state index in [1.54, 1.807) is 31.3 Å². The van der Waals surface area contributed by atoms with Gasteiger partial charge in [0.25, 0.3) is 5.56 Å². The van der Waals surface area contributed by atoms with Gasteiger partial charge in [-0.15, -0.1) is 6.58 Å². The van der Waals surface area contributed by atoms with Gasteiger partial charge >= 0.3 is 5.97 Å². The molecule has 0 amide bonds. The Morgan fingerprint density at radius 2 is 2.06 bits per heavy atom. The van der Waals surface area contributed by atoms with Crippen LogP contribution in [0.4, 0.5) is 0 Å². The number of carbonyl (C=O) groups is 1. The minimum atomic E-state index is -0.472. The van der Waals surface area contributed by atoms with Crippen LogP contribution in [0.25, 0.3) is 10.9 Å². The monoisotopic (exact) mass is 541 g/mol. The number of benzene rings is 2. The van der Waals surface area contributed by atoms with E-state index in [-0.39, 0.29) is 24.7 Å². The molecule has 0 spiro atoms. The normalized spacial score (nSPS) is 11.3. The van der Waals surface area contributed by atoms with Crippen molar-refractivity contribution in [2.45, 2.75) is 33.1 Å². The molecule has 0 saturated heterocycles. The number of methoxy groups -OCH3 is 1. The van der Waals surface area contributed by atoms with Gasteiger partial charge in [0.1, 0.15) is 5.82 Å². The van der Waals surface area contributed by atoms with E-state index in [0.29, 0.717) is 40.2 Å². The molecule has 0 fully saturated rings. The molecule has 3 aromatic rings. The van der Waals surface area contributed by atoms with Crippen molar-refractivity contribution >= 4 is 39.0 Å². The molecule has 0 unspecified atom stereocenters. The maximum absolute atomic E-state index is 13.3. The summed E-state index contributed by atoms with van der Waals surface area (Å²) < 4.78 is 18.3. The van der Waals surface area contributed by atoms with Gasteiger partial charge in [-0.3, -0.25) is 4.79 Å². The summed E-state index contributed by atoms with van der Waals surface area (Å²) in [5.41, 5.74) is 1.79. The van der Waals surface area contributed by atoms with E-state index in [0.717, 1.165) is 10.0 Å². The average molecular weight is 542 g/mol. The summed E-state index contributed by atoms with van der Waals surface area (Å²) in [4.78, 5) is 29.7. The highest BCUT2D eigenvalue weighted by Crippen LogP contribution is 2.33. The number of halogens is 1. The van der Waals surface area contributed by atoms with Gasteiger partial charge in [0.05, 0.1) is 30.8 Å². The summed E-state index contributed by atoms with van der Waals surface area (Å²) in [5, 5.41) is 4.95. The summed E-state index contributed by atoms with van der Waals surface area (Å²) >= 11 is 3.41. The zero-order chi connectivity index (χ0) is 25.5. The molecular weight excluding hydrogens is 514 g/mol. The number of fused-ring (bicyclic) bond motifs is 1. The SMILES string of the molecule is C=CCc1cc(C=Nn2c(C(C)C)nc3ccc(Br)cc3c2=O)cc(OC)c1OCC(=O)OCC. The number of nitrogens with zero attached hydrogens (tertiary/aromatic N) is 3. The number of allylic oxidation sites excluding steroid dienone is 1. The van der Waals surface area contributed by atoms with Gasteiger partial charge in [0, 0.05) is 16.0 Å². The van der Waals surface area contributed by atoms with Crippen molar-refractivity contribution in [1.82, 2.24) is 9.66 Å². The molecule has 184 valence electrons. The Morgan fingerprint density at radius 1 is 1.29 bits per heavy atom. The van der Waals surface area contributed by atoms with E-state index in [4.69, 9.17) is 14.2 Å². The predicted molar refractivity (Wildman–Crippen MR) is 140 cm³/mol. The summed E-state index contributed by atoms with van der Waals surface area (Å²) in [6.45, 7) is 9.47. The highest BCUT2D eigenvalue weighted by molar-refractivity contribution is 9.10. The van der Waals surface area contributed by atoms with Crippen molar-refractivity contribution in [3.63, 3.8) is 0 Å². The van der Waals surface area contributed by atoms with Crippen LogP contribution < -0.4 is 15.0 Å². The van der Waals surface area contributed by atoms with E-state index in [2.05, 4.69) is 32.6 Å². The van der Waals surface area contributed by atoms with E-state index in [1.807, 2.05) is 32.0 Å². The molecule has 0 aliphatic heterocycles. The Balaban J connectivity index is 2.06. The fourth-order valence-electron chi connectivity index (χ4n) is 3.49. The molecule has 9 heteroatoms. The Labute approximate surface area is 212 Å². The third kappa shape index (κ3) is 6.16. The molecular formula is C26H28BrN3O5. The topological polar surface area (TPSA) is 92.0 Å². The highest BCUT2D eigenvalue weighted by Gasteiger charge is 2.16. The quantitative estimate of drug-likeness (QED) is 0.207. The second kappa shape index (κ2) is 11.8. The number of esters is 1. The highest BCUT2D eigenvalue weighted by atomic mass is 79.9. The summed E-state index contributed by atoms with van der Waals surface area (Å²) in [7, 11) is 1.51. The van der Waals surface area contributed by atoms with Crippen LogP contribution in [0, 0.1) is 0 Å². The van der Waals surface area contributed by atoms with Crippen molar-refractivity contribution in [1.29, 1.82) is 0 Å². The Kier molecular flexibility index (Phi) is 8.81. The molecule has 0 atom stereocenters. The molecule has 0 aliphatic rings. The van der Waals surface area contributed by atoms with Crippen LogP contribution >= 0.6 is 15.9 Å². The van der Waals surface area contributed by atoms with Gasteiger partial charge < -0.3 is 14.2 Å². The molecule has 1 heterocycles. The predicted octanol–water partition coefficient (Wildman–Crippen LogP) is 4.84. The lowest BCUT2D eigenvalue weighted by atomic mass is 10.1. The number of ether oxygens (including phenoxy) is 3. The zero-order valence-corrected chi connectivity index (χ0v) is 21.8. The van der Waals surface area contributed by atoms with Gasteiger partial charge in [-0.1, -0.05) is 35.9 Å². The first-order chi connectivity index (χ1) is 16.8. The maximum Gasteiger partial charge on any atom is 0.344 e. The van der Waals surface area contributed by atoms with Crippen LogP contribution in [0.2, 0.25) is 0 Å². The molecule has 2 aromatic carbocycles. The minimum absolute atomic E-state index is 0.0302. The summed E-state index contributed by atoms with van der Waals surface area (Å²) in [5.74, 6) is 0.897. The first kappa shape index (κ1) is 26.2. The van der Waals surface area contributed by atoms with Crippen LogP contribution in [-0.4, -0.2) is 42.2 Å². The van der Waals surface area contributed by atoms with Crippen molar-refractivity contribution in [2.75, 3.05) is 20.3 Å². The first-order valence-electron chi connectivity index (χ1n) is 11.2. The molecule has 1 aromatic heterocycles. The van der Waals surface area contributed by atoms with E-state index < -0.39 is 5.97 Å². The van der Waals surface area contributed by atoms with Gasteiger partial charge in [0.15, 0.2) is 18.1 Å². The summed E-state index contributed by atoms with van der Waals surface area (Å²) in [6, 6.07) is 8.97. The van der Waals surface area contributed by atoms with Gasteiger partial charge in [-0.05, 0) is 49.2 Å². The van der Waals surface area contributed by atoms with E-state index in [9.17, 15) is 9.59 Å². The number of rotatable bonds is 10. The Hall–Kier alpha value is -3.46. The molecule has 35 heavy (non-hydrogen) atoms. The lowest BCUT2D eigenvalue weighted by molar-refractivity contribution is -0.145. The maximum atomic E-state index is 13.3. The number of carbonyl (C=O) groups excluding carboxylic acids is 1. The lowest BCUT2D eigenvalue weighted by Crippen LogP contribution is -2.23. The fraction of sp³-hybridized carbons (Fsp3) is 0.308. The molecule has 0 aliphatic carbocycles. The first-order valence-corrected chi connectivity index (χ1v) is 11.9. The molecule has 0 radical (unpaired) electrons. The van der Waals surface area contributed by atoms with Crippen molar-refractivity contribution in [3.05, 3.63) is 74.8 Å². The number of aromatic nitrogens is 2. The molecule has 0 saturated carbocycles. The Morgan fingerprint density at radius 3 is 2.71 bits per heavy atom. The van der Waals surface area contributed by atoms with Gasteiger partial charge in [-0.25, -0.2) is 9.78 Å². The van der Waals surface area contributed by atoms with Crippen molar-refractivity contribution in [2.24, 2.45) is 5.10 Å². The van der Waals surface area contributed by atoms with Crippen molar-refractivity contribution < 1.29 is 19.0 Å². The molecule has 8 nitrogen and oxygen atoms in total. The standard InChI is InChI=1S/C26H28BrN3O5/c1-6-8-18-11-17(12-22(33-5)24(18)35-15-23(31)34-7-2)14-28-30-25(16(3)4)29-21-10-9-19(27)13-20(21)26(30)32/h6,9-14,16H,1,7-8,15H2,2-5H3.